The van der Waals surface area contributed by atoms with Gasteiger partial charge in [-0.15, -0.1) is 0 Å². The number of hydrogen-bond acceptors (Lipinski definition) is 3. The summed E-state index contributed by atoms with van der Waals surface area (Å²) in [5.74, 6) is 0. The number of benzene rings is 1. The first-order valence-corrected chi connectivity index (χ1v) is 8.15. The number of anilines is 2. The van der Waals surface area contributed by atoms with Crippen LogP contribution in [0.3, 0.4) is 0 Å². The fraction of sp³-hybridized carbons (Fsp3) is 0.500. The number of nitrogens with two attached hydrogens (primary N) is 1. The summed E-state index contributed by atoms with van der Waals surface area (Å²) in [6, 6.07) is 6.84. The summed E-state index contributed by atoms with van der Waals surface area (Å²) < 4.78 is 0. The van der Waals surface area contributed by atoms with E-state index in [-0.39, 0.29) is 0 Å². The summed E-state index contributed by atoms with van der Waals surface area (Å²) in [7, 11) is 0. The Bertz CT molecular complexity index is 613. The molecule has 0 bridgehead atoms. The molecule has 0 aliphatic heterocycles. The molecule has 1 aromatic carbocycles. The lowest BCUT2D eigenvalue weighted by molar-refractivity contribution is 0.471. The van der Waals surface area contributed by atoms with Gasteiger partial charge in [0.05, 0.1) is 0 Å². The first kappa shape index (κ1) is 14.2. The summed E-state index contributed by atoms with van der Waals surface area (Å²) >= 11 is 0. The van der Waals surface area contributed by atoms with Crippen LogP contribution in [0.4, 0.5) is 11.4 Å². The maximum atomic E-state index is 6.09. The van der Waals surface area contributed by atoms with Gasteiger partial charge in [0.15, 0.2) is 0 Å². The highest BCUT2D eigenvalue weighted by Gasteiger charge is 2.13. The van der Waals surface area contributed by atoms with Gasteiger partial charge in [-0.25, -0.2) is 0 Å². The largest absolute Gasteiger partial charge is 0.398 e. The molecule has 0 spiro atoms. The number of aromatic nitrogens is 1. The van der Waals surface area contributed by atoms with E-state index in [0.29, 0.717) is 6.04 Å². The van der Waals surface area contributed by atoms with Crippen molar-refractivity contribution in [3.63, 3.8) is 0 Å². The third-order valence-corrected chi connectivity index (χ3v) is 4.54. The smallest absolute Gasteiger partial charge is 0.0424 e. The van der Waals surface area contributed by atoms with Crippen molar-refractivity contribution in [2.75, 3.05) is 11.1 Å². The Balaban J connectivity index is 1.89. The zero-order valence-electron chi connectivity index (χ0n) is 12.9. The summed E-state index contributed by atoms with van der Waals surface area (Å²) in [6.07, 6.45) is 11.3. The van der Waals surface area contributed by atoms with E-state index in [4.69, 9.17) is 5.73 Å². The van der Waals surface area contributed by atoms with E-state index < -0.39 is 0 Å². The Kier molecular flexibility index (Phi) is 4.28. The molecule has 1 heterocycles. The molecule has 0 amide bonds. The molecular weight excluding hydrogens is 258 g/mol. The van der Waals surface area contributed by atoms with Crippen molar-refractivity contribution in [2.45, 2.75) is 57.9 Å². The molecule has 1 saturated carbocycles. The highest BCUT2D eigenvalue weighted by molar-refractivity contribution is 6.00. The second-order valence-corrected chi connectivity index (χ2v) is 6.26. The van der Waals surface area contributed by atoms with Crippen LogP contribution in [0.15, 0.2) is 24.4 Å². The molecule has 1 fully saturated rings. The zero-order chi connectivity index (χ0) is 14.7. The number of hydrogen-bond donors (Lipinski definition) is 2. The van der Waals surface area contributed by atoms with Crippen LogP contribution in [0.25, 0.3) is 10.8 Å². The zero-order valence-corrected chi connectivity index (χ0v) is 12.9. The molecule has 0 radical (unpaired) electrons. The Morgan fingerprint density at radius 1 is 1.05 bits per heavy atom. The van der Waals surface area contributed by atoms with Gasteiger partial charge in [0.25, 0.3) is 0 Å². The van der Waals surface area contributed by atoms with Crippen molar-refractivity contribution in [1.29, 1.82) is 0 Å². The van der Waals surface area contributed by atoms with E-state index >= 15 is 0 Å². The van der Waals surface area contributed by atoms with Gasteiger partial charge >= 0.3 is 0 Å². The van der Waals surface area contributed by atoms with E-state index in [2.05, 4.69) is 22.4 Å². The van der Waals surface area contributed by atoms with Gasteiger partial charge in [0.1, 0.15) is 0 Å². The monoisotopic (exact) mass is 283 g/mol. The van der Waals surface area contributed by atoms with Crippen molar-refractivity contribution in [3.8, 4) is 0 Å². The minimum Gasteiger partial charge on any atom is -0.398 e. The first-order chi connectivity index (χ1) is 10.2. The number of nitrogens with zero attached hydrogens (tertiary/aromatic N) is 1. The highest BCUT2D eigenvalue weighted by Crippen LogP contribution is 2.30. The maximum absolute atomic E-state index is 6.09. The molecule has 3 rings (SSSR count). The van der Waals surface area contributed by atoms with E-state index in [9.17, 15) is 0 Å². The molecule has 0 atom stereocenters. The standard InChI is InChI=1S/C18H25N3/c1-13-11-15-16(12-20-13)17(19)9-10-18(15)21-14-7-5-3-2-4-6-8-14/h9-12,14,21H,2-8,19H2,1H3. The molecule has 21 heavy (non-hydrogen) atoms. The summed E-state index contributed by atoms with van der Waals surface area (Å²) in [5, 5.41) is 6.01. The molecule has 1 aliphatic carbocycles. The number of nitrogens with one attached hydrogen (secondary N) is 1. The van der Waals surface area contributed by atoms with Gasteiger partial charge in [0, 0.05) is 40.1 Å². The Morgan fingerprint density at radius 3 is 2.52 bits per heavy atom. The van der Waals surface area contributed by atoms with Gasteiger partial charge in [-0.05, 0) is 38.0 Å². The summed E-state index contributed by atoms with van der Waals surface area (Å²) in [6.45, 7) is 2.03. The van der Waals surface area contributed by atoms with Gasteiger partial charge in [-0.2, -0.15) is 0 Å². The Morgan fingerprint density at radius 2 is 1.76 bits per heavy atom. The molecule has 0 unspecified atom stereocenters. The van der Waals surface area contributed by atoms with Crippen LogP contribution in [-0.4, -0.2) is 11.0 Å². The molecule has 3 N–H and O–H groups in total. The lowest BCUT2D eigenvalue weighted by Crippen LogP contribution is -2.20. The van der Waals surface area contributed by atoms with Crippen LogP contribution < -0.4 is 11.1 Å². The first-order valence-electron chi connectivity index (χ1n) is 8.15. The van der Waals surface area contributed by atoms with Gasteiger partial charge < -0.3 is 11.1 Å². The molecule has 1 aromatic heterocycles. The van der Waals surface area contributed by atoms with Crippen molar-refractivity contribution in [1.82, 2.24) is 4.98 Å². The number of pyridine rings is 1. The number of aryl methyl sites for hydroxylation is 1. The second kappa shape index (κ2) is 6.33. The number of rotatable bonds is 2. The molecule has 2 aromatic rings. The molecular formula is C18H25N3. The summed E-state index contributed by atoms with van der Waals surface area (Å²) in [5.41, 5.74) is 9.13. The average molecular weight is 283 g/mol. The van der Waals surface area contributed by atoms with Crippen LogP contribution in [0.5, 0.6) is 0 Å². The van der Waals surface area contributed by atoms with Crippen LogP contribution >= 0.6 is 0 Å². The molecule has 0 saturated heterocycles. The molecule has 1 aliphatic rings. The molecule has 112 valence electrons. The highest BCUT2D eigenvalue weighted by atomic mass is 14.9. The van der Waals surface area contributed by atoms with Crippen molar-refractivity contribution < 1.29 is 0 Å². The third kappa shape index (κ3) is 3.29. The predicted molar refractivity (Wildman–Crippen MR) is 90.6 cm³/mol. The van der Waals surface area contributed by atoms with Crippen LogP contribution in [0, 0.1) is 6.92 Å². The van der Waals surface area contributed by atoms with Crippen LogP contribution in [0.2, 0.25) is 0 Å². The second-order valence-electron chi connectivity index (χ2n) is 6.26. The SMILES string of the molecule is Cc1cc2c(NC3CCCCCCC3)ccc(N)c2cn1. The molecule has 3 nitrogen and oxygen atoms in total. The van der Waals surface area contributed by atoms with Gasteiger partial charge in [-0.3, -0.25) is 4.98 Å². The van der Waals surface area contributed by atoms with Crippen molar-refractivity contribution in [3.05, 3.63) is 30.1 Å². The Labute approximate surface area is 127 Å². The van der Waals surface area contributed by atoms with E-state index in [0.717, 1.165) is 16.8 Å². The average Bonchev–Trinajstić information content (AvgIpc) is 2.44. The normalized spacial score (nSPS) is 17.4. The quantitative estimate of drug-likeness (QED) is 0.789. The van der Waals surface area contributed by atoms with E-state index in [1.54, 1.807) is 0 Å². The minimum absolute atomic E-state index is 0.589. The fourth-order valence-corrected chi connectivity index (χ4v) is 3.31. The fourth-order valence-electron chi connectivity index (χ4n) is 3.31. The van der Waals surface area contributed by atoms with E-state index in [1.165, 1.54) is 56.0 Å². The van der Waals surface area contributed by atoms with E-state index in [1.807, 2.05) is 19.2 Å². The predicted octanol–water partition coefficient (Wildman–Crippen LogP) is 4.65. The van der Waals surface area contributed by atoms with Crippen molar-refractivity contribution >= 4 is 22.1 Å². The van der Waals surface area contributed by atoms with Gasteiger partial charge in [-0.1, -0.05) is 32.1 Å². The van der Waals surface area contributed by atoms with Crippen LogP contribution in [0.1, 0.15) is 50.6 Å². The third-order valence-electron chi connectivity index (χ3n) is 4.54. The lowest BCUT2D eigenvalue weighted by Gasteiger charge is -2.23. The topological polar surface area (TPSA) is 50.9 Å². The lowest BCUT2D eigenvalue weighted by atomic mass is 9.96. The Hall–Kier alpha value is -1.77. The van der Waals surface area contributed by atoms with Crippen molar-refractivity contribution in [2.24, 2.45) is 0 Å². The van der Waals surface area contributed by atoms with Crippen LogP contribution in [-0.2, 0) is 0 Å². The minimum atomic E-state index is 0.589. The number of fused-ring (bicyclic) bond motifs is 1. The molecule has 3 heteroatoms. The summed E-state index contributed by atoms with van der Waals surface area (Å²) in [4.78, 5) is 4.38. The van der Waals surface area contributed by atoms with Gasteiger partial charge in [0.2, 0.25) is 0 Å². The number of nitrogen functional groups attached to an aromatic ring is 1. The maximum Gasteiger partial charge on any atom is 0.0424 e.